The van der Waals surface area contributed by atoms with Gasteiger partial charge in [-0.3, -0.25) is 9.59 Å². The zero-order valence-electron chi connectivity index (χ0n) is 22.0. The molecular weight excluding hydrogens is 522 g/mol. The largest absolute Gasteiger partial charge is 0.479 e. The Morgan fingerprint density at radius 3 is 2.23 bits per heavy atom. The summed E-state index contributed by atoms with van der Waals surface area (Å²) in [5.74, 6) is -2.16. The van der Waals surface area contributed by atoms with Crippen molar-refractivity contribution in [2.24, 2.45) is 5.92 Å². The van der Waals surface area contributed by atoms with E-state index in [2.05, 4.69) is 10.6 Å². The summed E-state index contributed by atoms with van der Waals surface area (Å²) >= 11 is 1.38. The van der Waals surface area contributed by atoms with Crippen molar-refractivity contribution in [1.29, 1.82) is 0 Å². The summed E-state index contributed by atoms with van der Waals surface area (Å²) in [6.45, 7) is 3.77. The number of nitrogens with one attached hydrogen (secondary N) is 2. The van der Waals surface area contributed by atoms with E-state index < -0.39 is 48.1 Å². The van der Waals surface area contributed by atoms with E-state index >= 15 is 0 Å². The Morgan fingerprint density at radius 2 is 1.64 bits per heavy atom. The Balaban J connectivity index is 1.69. The molecule has 1 saturated heterocycles. The third-order valence-electron chi connectivity index (χ3n) is 6.69. The van der Waals surface area contributed by atoms with Crippen molar-refractivity contribution in [2.75, 3.05) is 11.6 Å². The summed E-state index contributed by atoms with van der Waals surface area (Å²) in [5, 5.41) is 25.0. The number of aliphatic hydroxyl groups is 1. The highest BCUT2D eigenvalue weighted by Crippen LogP contribution is 2.24. The maximum absolute atomic E-state index is 13.6. The number of hydrogen-bond acceptors (Lipinski definition) is 7. The summed E-state index contributed by atoms with van der Waals surface area (Å²) < 4.78 is 5.31. The van der Waals surface area contributed by atoms with E-state index in [-0.39, 0.29) is 24.8 Å². The maximum atomic E-state index is 13.6. The van der Waals surface area contributed by atoms with E-state index in [4.69, 9.17) is 4.74 Å². The summed E-state index contributed by atoms with van der Waals surface area (Å²) in [6, 6.07) is 15.2. The first-order valence-corrected chi connectivity index (χ1v) is 14.0. The first kappa shape index (κ1) is 30.0. The number of carbonyl (C=O) groups excluding carboxylic acids is 3. The van der Waals surface area contributed by atoms with Gasteiger partial charge in [0.2, 0.25) is 11.8 Å². The lowest BCUT2D eigenvalue weighted by atomic mass is 9.97. The fraction of sp³-hybridized carbons (Fsp3) is 0.429. The van der Waals surface area contributed by atoms with Crippen LogP contribution in [0.15, 0.2) is 60.7 Å². The summed E-state index contributed by atoms with van der Waals surface area (Å²) in [6.07, 6.45) is -1.88. The van der Waals surface area contributed by atoms with Gasteiger partial charge in [0.15, 0.2) is 6.10 Å². The van der Waals surface area contributed by atoms with E-state index in [1.165, 1.54) is 16.7 Å². The first-order chi connectivity index (χ1) is 18.7. The van der Waals surface area contributed by atoms with E-state index in [9.17, 15) is 29.4 Å². The number of carbonyl (C=O) groups is 4. The highest BCUT2D eigenvalue weighted by Gasteiger charge is 2.41. The second kappa shape index (κ2) is 14.5. The Hall–Kier alpha value is -3.57. The molecule has 0 aliphatic carbocycles. The second-order valence-corrected chi connectivity index (χ2v) is 10.5. The fourth-order valence-corrected chi connectivity index (χ4v) is 5.36. The van der Waals surface area contributed by atoms with Crippen LogP contribution in [0, 0.1) is 5.92 Å². The third-order valence-corrected chi connectivity index (χ3v) is 7.71. The van der Waals surface area contributed by atoms with Gasteiger partial charge in [-0.25, -0.2) is 9.59 Å². The number of hydrogen-bond donors (Lipinski definition) is 4. The molecule has 1 heterocycles. The van der Waals surface area contributed by atoms with Crippen LogP contribution in [-0.4, -0.2) is 74.8 Å². The van der Waals surface area contributed by atoms with Crippen LogP contribution in [0.3, 0.4) is 0 Å². The monoisotopic (exact) mass is 557 g/mol. The number of alkyl carbamates (subject to hydrolysis) is 1. The van der Waals surface area contributed by atoms with Crippen molar-refractivity contribution < 1.29 is 34.1 Å². The molecule has 2 unspecified atom stereocenters. The van der Waals surface area contributed by atoms with Crippen LogP contribution in [0.25, 0.3) is 0 Å². The van der Waals surface area contributed by atoms with E-state index in [0.717, 1.165) is 11.1 Å². The number of carboxylic acids is 1. The highest BCUT2D eigenvalue weighted by atomic mass is 32.2. The molecule has 3 amide bonds. The molecule has 2 aromatic carbocycles. The van der Waals surface area contributed by atoms with Crippen LogP contribution in [0.4, 0.5) is 4.79 Å². The molecule has 0 spiro atoms. The minimum atomic E-state index is -1.83. The molecule has 11 heteroatoms. The number of carboxylic acid groups (broad SMARTS) is 1. The Kier molecular flexibility index (Phi) is 11.2. The lowest BCUT2D eigenvalue weighted by Gasteiger charge is -2.31. The minimum Gasteiger partial charge on any atom is -0.479 e. The number of amides is 3. The Morgan fingerprint density at radius 1 is 1.03 bits per heavy atom. The number of ether oxygens (including phenoxy) is 1. The van der Waals surface area contributed by atoms with E-state index in [1.54, 1.807) is 24.3 Å². The molecule has 1 aliphatic heterocycles. The second-order valence-electron chi connectivity index (χ2n) is 9.48. The van der Waals surface area contributed by atoms with Gasteiger partial charge < -0.3 is 30.5 Å². The molecule has 0 bridgehead atoms. The first-order valence-electron chi connectivity index (χ1n) is 12.8. The van der Waals surface area contributed by atoms with Gasteiger partial charge in [-0.1, -0.05) is 80.9 Å². The molecule has 1 aliphatic rings. The van der Waals surface area contributed by atoms with Crippen LogP contribution >= 0.6 is 11.8 Å². The molecule has 0 saturated carbocycles. The number of benzene rings is 2. The van der Waals surface area contributed by atoms with Crippen molar-refractivity contribution in [3.63, 3.8) is 0 Å². The molecule has 210 valence electrons. The number of aliphatic hydroxyl groups excluding tert-OH is 1. The molecule has 3 rings (SSSR count). The van der Waals surface area contributed by atoms with Crippen LogP contribution < -0.4 is 10.6 Å². The average molecular weight is 558 g/mol. The van der Waals surface area contributed by atoms with Gasteiger partial charge in [0, 0.05) is 5.75 Å². The number of thioether (sulfide) groups is 1. The predicted octanol–water partition coefficient (Wildman–Crippen LogP) is 2.40. The van der Waals surface area contributed by atoms with Crippen molar-refractivity contribution in [3.8, 4) is 0 Å². The van der Waals surface area contributed by atoms with Crippen molar-refractivity contribution >= 4 is 35.6 Å². The zero-order chi connectivity index (χ0) is 28.4. The molecule has 2 aromatic rings. The van der Waals surface area contributed by atoms with Crippen LogP contribution in [0.2, 0.25) is 0 Å². The summed E-state index contributed by atoms with van der Waals surface area (Å²) in [5.41, 5.74) is 1.55. The van der Waals surface area contributed by atoms with Crippen LogP contribution in [-0.2, 0) is 32.1 Å². The van der Waals surface area contributed by atoms with Crippen molar-refractivity contribution in [2.45, 2.75) is 57.5 Å². The topological polar surface area (TPSA) is 145 Å². The lowest BCUT2D eigenvalue weighted by Crippen LogP contribution is -2.58. The quantitative estimate of drug-likeness (QED) is 0.311. The standard InChI is InChI=1S/C28H35N3O7S/c1-3-18(2)23(30-28(37)38-15-20-12-8-5-9-13-20)26(34)31-17-39-16-22(31)25(33)29-21(24(32)27(35)36)14-19-10-6-4-7-11-19/h4-13,18,21-24,32H,3,14-17H2,1-2H3,(H,29,33)(H,30,37)(H,35,36)/t18?,21-,22-,23-,24?/m0/s1. The van der Waals surface area contributed by atoms with Gasteiger partial charge in [-0.15, -0.1) is 11.8 Å². The fourth-order valence-electron chi connectivity index (χ4n) is 4.19. The Bertz CT molecular complexity index is 1120. The van der Waals surface area contributed by atoms with Crippen molar-refractivity contribution in [3.05, 3.63) is 71.8 Å². The number of rotatable bonds is 12. The smallest absolute Gasteiger partial charge is 0.408 e. The molecule has 10 nitrogen and oxygen atoms in total. The molecule has 4 N–H and O–H groups in total. The molecule has 1 fully saturated rings. The highest BCUT2D eigenvalue weighted by molar-refractivity contribution is 7.99. The van der Waals surface area contributed by atoms with Gasteiger partial charge in [-0.2, -0.15) is 0 Å². The zero-order valence-corrected chi connectivity index (χ0v) is 22.8. The number of nitrogens with zero attached hydrogens (tertiary/aromatic N) is 1. The summed E-state index contributed by atoms with van der Waals surface area (Å²) in [7, 11) is 0. The Labute approximate surface area is 232 Å². The van der Waals surface area contributed by atoms with E-state index in [0.29, 0.717) is 12.2 Å². The van der Waals surface area contributed by atoms with Crippen LogP contribution in [0.1, 0.15) is 31.4 Å². The molecular formula is C28H35N3O7S. The molecule has 0 radical (unpaired) electrons. The maximum Gasteiger partial charge on any atom is 0.408 e. The average Bonchev–Trinajstić information content (AvgIpc) is 3.44. The van der Waals surface area contributed by atoms with Gasteiger partial charge in [-0.05, 0) is 23.5 Å². The van der Waals surface area contributed by atoms with E-state index in [1.807, 2.05) is 50.2 Å². The predicted molar refractivity (Wildman–Crippen MR) is 147 cm³/mol. The molecule has 39 heavy (non-hydrogen) atoms. The van der Waals surface area contributed by atoms with Crippen LogP contribution in [0.5, 0.6) is 0 Å². The SMILES string of the molecule is CCC(C)[C@H](NC(=O)OCc1ccccc1)C(=O)N1CSC[C@H]1C(=O)N[C@@H](Cc1ccccc1)C(O)C(=O)O. The van der Waals surface area contributed by atoms with Crippen molar-refractivity contribution in [1.82, 2.24) is 15.5 Å². The molecule has 5 atom stereocenters. The normalized spacial score (nSPS) is 17.9. The molecule has 0 aromatic heterocycles. The lowest BCUT2D eigenvalue weighted by molar-refractivity contribution is -0.149. The van der Waals surface area contributed by atoms with Gasteiger partial charge >= 0.3 is 12.1 Å². The number of aliphatic carboxylic acids is 1. The summed E-state index contributed by atoms with van der Waals surface area (Å²) in [4.78, 5) is 52.4. The van der Waals surface area contributed by atoms with Gasteiger partial charge in [0.25, 0.3) is 0 Å². The van der Waals surface area contributed by atoms with Gasteiger partial charge in [0.1, 0.15) is 18.7 Å². The third kappa shape index (κ3) is 8.46. The van der Waals surface area contributed by atoms with Gasteiger partial charge in [0.05, 0.1) is 11.9 Å². The minimum absolute atomic E-state index is 0.0490.